The van der Waals surface area contributed by atoms with Crippen LogP contribution >= 0.6 is 0 Å². The minimum atomic E-state index is -1.08. The van der Waals surface area contributed by atoms with Gasteiger partial charge in [-0.1, -0.05) is 0 Å². The Labute approximate surface area is 90.3 Å². The predicted molar refractivity (Wildman–Crippen MR) is 57.1 cm³/mol. The van der Waals surface area contributed by atoms with E-state index < -0.39 is 5.97 Å². The topological polar surface area (TPSA) is 120 Å². The number of hydrogen-bond acceptors (Lipinski definition) is 5. The number of nitrogens with zero attached hydrogens (tertiary/aromatic N) is 3. The lowest BCUT2D eigenvalue weighted by Gasteiger charge is -2.09. The smallest absolute Gasteiger partial charge is 0.335 e. The van der Waals surface area contributed by atoms with Gasteiger partial charge in [0, 0.05) is 0 Å². The maximum atomic E-state index is 10.8. The van der Waals surface area contributed by atoms with Gasteiger partial charge in [0.05, 0.1) is 16.9 Å². The van der Waals surface area contributed by atoms with E-state index in [-0.39, 0.29) is 16.9 Å². The SMILES string of the molecule is Nc1cc(C(=O)O)cc(N)c1-n1cncn1. The highest BCUT2D eigenvalue weighted by atomic mass is 16.4. The van der Waals surface area contributed by atoms with Crippen LogP contribution in [0.2, 0.25) is 0 Å². The Bertz CT molecular complexity index is 512. The Morgan fingerprint density at radius 3 is 2.38 bits per heavy atom. The van der Waals surface area contributed by atoms with Gasteiger partial charge in [0.1, 0.15) is 18.3 Å². The van der Waals surface area contributed by atoms with E-state index >= 15 is 0 Å². The van der Waals surface area contributed by atoms with Gasteiger partial charge in [0.2, 0.25) is 0 Å². The molecule has 0 atom stereocenters. The van der Waals surface area contributed by atoms with E-state index in [0.29, 0.717) is 5.69 Å². The molecule has 0 radical (unpaired) electrons. The van der Waals surface area contributed by atoms with Gasteiger partial charge in [0.15, 0.2) is 0 Å². The minimum absolute atomic E-state index is 0.0406. The van der Waals surface area contributed by atoms with Crippen molar-refractivity contribution in [2.45, 2.75) is 0 Å². The summed E-state index contributed by atoms with van der Waals surface area (Å²) in [7, 11) is 0. The van der Waals surface area contributed by atoms with E-state index in [1.165, 1.54) is 29.5 Å². The van der Waals surface area contributed by atoms with Crippen LogP contribution in [-0.2, 0) is 0 Å². The summed E-state index contributed by atoms with van der Waals surface area (Å²) >= 11 is 0. The average Bonchev–Trinajstić information content (AvgIpc) is 2.69. The van der Waals surface area contributed by atoms with Gasteiger partial charge in [-0.05, 0) is 12.1 Å². The molecule has 0 fully saturated rings. The van der Waals surface area contributed by atoms with E-state index in [4.69, 9.17) is 16.6 Å². The van der Waals surface area contributed by atoms with Crippen LogP contribution in [0.1, 0.15) is 10.4 Å². The van der Waals surface area contributed by atoms with Crippen molar-refractivity contribution < 1.29 is 9.90 Å². The first kappa shape index (κ1) is 9.97. The van der Waals surface area contributed by atoms with Gasteiger partial charge < -0.3 is 16.6 Å². The van der Waals surface area contributed by atoms with E-state index in [1.54, 1.807) is 0 Å². The summed E-state index contributed by atoms with van der Waals surface area (Å²) in [4.78, 5) is 14.5. The van der Waals surface area contributed by atoms with E-state index in [9.17, 15) is 4.79 Å². The maximum absolute atomic E-state index is 10.8. The van der Waals surface area contributed by atoms with Crippen molar-refractivity contribution in [1.29, 1.82) is 0 Å². The third kappa shape index (κ3) is 1.54. The summed E-state index contributed by atoms with van der Waals surface area (Å²) in [5.41, 5.74) is 12.4. The van der Waals surface area contributed by atoms with Gasteiger partial charge in [-0.25, -0.2) is 14.5 Å². The Kier molecular flexibility index (Phi) is 2.20. The van der Waals surface area contributed by atoms with Crippen LogP contribution in [0.3, 0.4) is 0 Å². The van der Waals surface area contributed by atoms with Crippen molar-refractivity contribution in [1.82, 2.24) is 14.8 Å². The molecule has 82 valence electrons. The van der Waals surface area contributed by atoms with Crippen LogP contribution in [0.25, 0.3) is 5.69 Å². The summed E-state index contributed by atoms with van der Waals surface area (Å²) in [6.45, 7) is 0. The number of nitrogens with two attached hydrogens (primary N) is 2. The van der Waals surface area contributed by atoms with E-state index in [2.05, 4.69) is 10.1 Å². The Morgan fingerprint density at radius 2 is 1.94 bits per heavy atom. The second kappa shape index (κ2) is 3.54. The molecule has 0 aliphatic heterocycles. The number of hydrogen-bond donors (Lipinski definition) is 3. The number of aromatic nitrogens is 3. The second-order valence-electron chi connectivity index (χ2n) is 3.15. The first-order valence-electron chi connectivity index (χ1n) is 4.37. The van der Waals surface area contributed by atoms with Gasteiger partial charge in [-0.15, -0.1) is 0 Å². The molecule has 0 bridgehead atoms. The Morgan fingerprint density at radius 1 is 1.31 bits per heavy atom. The fraction of sp³-hybridized carbons (Fsp3) is 0. The lowest BCUT2D eigenvalue weighted by molar-refractivity contribution is 0.0697. The highest BCUT2D eigenvalue weighted by Gasteiger charge is 2.12. The zero-order chi connectivity index (χ0) is 11.7. The van der Waals surface area contributed by atoms with Gasteiger partial charge in [-0.3, -0.25) is 0 Å². The molecule has 7 heteroatoms. The van der Waals surface area contributed by atoms with Crippen molar-refractivity contribution in [2.24, 2.45) is 0 Å². The molecule has 2 rings (SSSR count). The molecule has 1 aromatic heterocycles. The summed E-state index contributed by atoms with van der Waals surface area (Å²) in [6.07, 6.45) is 2.77. The lowest BCUT2D eigenvalue weighted by atomic mass is 10.1. The first-order valence-corrected chi connectivity index (χ1v) is 4.37. The molecule has 2 aromatic rings. The lowest BCUT2D eigenvalue weighted by Crippen LogP contribution is -2.08. The number of carbonyl (C=O) groups is 1. The molecule has 7 nitrogen and oxygen atoms in total. The number of nitrogen functional groups attached to an aromatic ring is 2. The van der Waals surface area contributed by atoms with E-state index in [1.807, 2.05) is 0 Å². The van der Waals surface area contributed by atoms with E-state index in [0.717, 1.165) is 0 Å². The van der Waals surface area contributed by atoms with Crippen molar-refractivity contribution >= 4 is 17.3 Å². The first-order chi connectivity index (χ1) is 7.59. The van der Waals surface area contributed by atoms with Gasteiger partial charge in [-0.2, -0.15) is 5.10 Å². The summed E-state index contributed by atoms with van der Waals surface area (Å²) in [5, 5.41) is 12.7. The number of rotatable bonds is 2. The molecule has 0 aliphatic carbocycles. The molecule has 0 spiro atoms. The molecule has 5 N–H and O–H groups in total. The second-order valence-corrected chi connectivity index (χ2v) is 3.15. The monoisotopic (exact) mass is 219 g/mol. The molecule has 0 aliphatic rings. The van der Waals surface area contributed by atoms with Crippen LogP contribution in [0.15, 0.2) is 24.8 Å². The molecule has 0 unspecified atom stereocenters. The molecule has 0 amide bonds. The molecule has 16 heavy (non-hydrogen) atoms. The van der Waals surface area contributed by atoms with Gasteiger partial charge >= 0.3 is 5.97 Å². The van der Waals surface area contributed by atoms with Crippen LogP contribution < -0.4 is 11.5 Å². The van der Waals surface area contributed by atoms with Crippen LogP contribution in [-0.4, -0.2) is 25.8 Å². The van der Waals surface area contributed by atoms with Crippen molar-refractivity contribution in [3.8, 4) is 5.69 Å². The summed E-state index contributed by atoms with van der Waals surface area (Å²) in [5.74, 6) is -1.08. The molecular weight excluding hydrogens is 210 g/mol. The fourth-order valence-corrected chi connectivity index (χ4v) is 1.39. The molecular formula is C9H9N5O2. The number of carboxylic acids is 1. The summed E-state index contributed by atoms with van der Waals surface area (Å²) in [6, 6.07) is 2.66. The number of aromatic carboxylic acids is 1. The molecule has 1 aromatic carbocycles. The summed E-state index contributed by atoms with van der Waals surface area (Å²) < 4.78 is 1.39. The Balaban J connectivity index is 2.61. The van der Waals surface area contributed by atoms with Crippen LogP contribution in [0.5, 0.6) is 0 Å². The minimum Gasteiger partial charge on any atom is -0.478 e. The standard InChI is InChI=1S/C9H9N5O2/c10-6-1-5(9(15)16)2-7(11)8(6)14-4-12-3-13-14/h1-4H,10-11H2,(H,15,16). The number of anilines is 2. The number of benzene rings is 1. The van der Waals surface area contributed by atoms with Crippen LogP contribution in [0.4, 0.5) is 11.4 Å². The van der Waals surface area contributed by atoms with Gasteiger partial charge in [0.25, 0.3) is 0 Å². The highest BCUT2D eigenvalue weighted by molar-refractivity contribution is 5.92. The third-order valence-corrected chi connectivity index (χ3v) is 2.06. The van der Waals surface area contributed by atoms with Crippen molar-refractivity contribution in [2.75, 3.05) is 11.5 Å². The molecule has 1 heterocycles. The highest BCUT2D eigenvalue weighted by Crippen LogP contribution is 2.25. The largest absolute Gasteiger partial charge is 0.478 e. The molecule has 0 saturated heterocycles. The zero-order valence-electron chi connectivity index (χ0n) is 8.16. The molecule has 0 saturated carbocycles. The average molecular weight is 219 g/mol. The quantitative estimate of drug-likeness (QED) is 0.617. The number of carboxylic acid groups (broad SMARTS) is 1. The Hall–Kier alpha value is -2.57. The third-order valence-electron chi connectivity index (χ3n) is 2.06. The van der Waals surface area contributed by atoms with Crippen molar-refractivity contribution in [3.63, 3.8) is 0 Å². The maximum Gasteiger partial charge on any atom is 0.335 e. The zero-order valence-corrected chi connectivity index (χ0v) is 8.16. The predicted octanol–water partition coefficient (Wildman–Crippen LogP) is 0.130. The van der Waals surface area contributed by atoms with Crippen molar-refractivity contribution in [3.05, 3.63) is 30.4 Å². The normalized spacial score (nSPS) is 10.2. The fourth-order valence-electron chi connectivity index (χ4n) is 1.39. The van der Waals surface area contributed by atoms with Crippen LogP contribution in [0, 0.1) is 0 Å².